The van der Waals surface area contributed by atoms with Gasteiger partial charge in [-0.15, -0.1) is 0 Å². The van der Waals surface area contributed by atoms with Gasteiger partial charge in [-0.25, -0.2) is 9.97 Å². The van der Waals surface area contributed by atoms with Crippen molar-refractivity contribution in [3.05, 3.63) is 108 Å². The predicted octanol–water partition coefficient (Wildman–Crippen LogP) is 5.75. The maximum atomic E-state index is 13.3. The fraction of sp³-hybridized carbons (Fsp3) is 0.212. The molecule has 202 valence electrons. The molecule has 41 heavy (non-hydrogen) atoms. The van der Waals surface area contributed by atoms with Gasteiger partial charge >= 0.3 is 11.9 Å². The molecule has 2 unspecified atom stereocenters. The molecule has 0 fully saturated rings. The largest absolute Gasteiger partial charge is 0.426 e. The molecule has 8 nitrogen and oxygen atoms in total. The van der Waals surface area contributed by atoms with Gasteiger partial charge in [0.05, 0.1) is 23.2 Å². The van der Waals surface area contributed by atoms with E-state index in [0.29, 0.717) is 22.9 Å². The Balaban J connectivity index is 1.59. The van der Waals surface area contributed by atoms with E-state index in [1.807, 2.05) is 48.5 Å². The van der Waals surface area contributed by atoms with Crippen molar-refractivity contribution in [3.63, 3.8) is 0 Å². The number of fused-ring (bicyclic) bond motifs is 3. The monoisotopic (exact) mass is 542 g/mol. The van der Waals surface area contributed by atoms with Crippen molar-refractivity contribution in [2.24, 2.45) is 11.8 Å². The number of esters is 2. The molecule has 0 saturated carbocycles. The van der Waals surface area contributed by atoms with E-state index in [-0.39, 0.29) is 24.2 Å². The standard InChI is InChI=1S/C33H26N4O4/c1-21(31(38)40-23-11-5-3-6-12-23)17-33(18-22(2)32(39)41-24-13-7-4-8-14-24)26-16-10-9-15-25(26)29-30(33)37-28(20-35)27(19-34)36-29/h3-16,21-22H,17-18H2,1-2H3. The number of carbonyl (C=O) groups excluding carboxylic acids is 2. The molecule has 0 bridgehead atoms. The summed E-state index contributed by atoms with van der Waals surface area (Å²) in [5.41, 5.74) is 1.28. The third-order valence-corrected chi connectivity index (χ3v) is 7.30. The van der Waals surface area contributed by atoms with Crippen LogP contribution >= 0.6 is 0 Å². The van der Waals surface area contributed by atoms with Crippen LogP contribution in [-0.4, -0.2) is 21.9 Å². The molecule has 0 N–H and O–H groups in total. The van der Waals surface area contributed by atoms with Gasteiger partial charge in [0.15, 0.2) is 11.4 Å². The maximum absolute atomic E-state index is 13.3. The fourth-order valence-corrected chi connectivity index (χ4v) is 5.47. The lowest BCUT2D eigenvalue weighted by atomic mass is 9.69. The maximum Gasteiger partial charge on any atom is 0.314 e. The summed E-state index contributed by atoms with van der Waals surface area (Å²) in [5.74, 6) is -1.29. The van der Waals surface area contributed by atoms with Gasteiger partial charge < -0.3 is 9.47 Å². The third-order valence-electron chi connectivity index (χ3n) is 7.30. The summed E-state index contributed by atoms with van der Waals surface area (Å²) in [6.07, 6.45) is 0.439. The number of nitrogens with zero attached hydrogens (tertiary/aromatic N) is 4. The highest BCUT2D eigenvalue weighted by Crippen LogP contribution is 2.53. The molecule has 0 spiro atoms. The summed E-state index contributed by atoms with van der Waals surface area (Å²) in [6.45, 7) is 3.53. The SMILES string of the molecule is CC(CC1(CC(C)C(=O)Oc2ccccc2)c2ccccc2-c2nc(C#N)c(C#N)nc21)C(=O)Oc1ccccc1. The van der Waals surface area contributed by atoms with Gasteiger partial charge in [0.2, 0.25) is 0 Å². The Kier molecular flexibility index (Phi) is 7.58. The zero-order valence-corrected chi connectivity index (χ0v) is 22.6. The molecule has 0 radical (unpaired) electrons. The summed E-state index contributed by atoms with van der Waals surface area (Å²) in [5, 5.41) is 19.4. The van der Waals surface area contributed by atoms with Crippen LogP contribution in [-0.2, 0) is 15.0 Å². The van der Waals surface area contributed by atoms with Crippen molar-refractivity contribution in [3.8, 4) is 34.9 Å². The molecule has 1 aliphatic carbocycles. The molecule has 1 aliphatic rings. The van der Waals surface area contributed by atoms with E-state index in [9.17, 15) is 20.1 Å². The van der Waals surface area contributed by atoms with E-state index in [1.165, 1.54) is 0 Å². The topological polar surface area (TPSA) is 126 Å². The van der Waals surface area contributed by atoms with Crippen LogP contribution < -0.4 is 9.47 Å². The highest BCUT2D eigenvalue weighted by molar-refractivity contribution is 5.81. The van der Waals surface area contributed by atoms with E-state index in [2.05, 4.69) is 9.97 Å². The smallest absolute Gasteiger partial charge is 0.314 e. The molecule has 0 amide bonds. The van der Waals surface area contributed by atoms with E-state index in [4.69, 9.17) is 9.47 Å². The third kappa shape index (κ3) is 5.28. The number of nitriles is 2. The van der Waals surface area contributed by atoms with Crippen molar-refractivity contribution in [1.82, 2.24) is 9.97 Å². The van der Waals surface area contributed by atoms with Gasteiger partial charge in [-0.05, 0) is 42.7 Å². The van der Waals surface area contributed by atoms with Gasteiger partial charge in [-0.2, -0.15) is 10.5 Å². The van der Waals surface area contributed by atoms with Crippen molar-refractivity contribution in [2.45, 2.75) is 32.1 Å². The second kappa shape index (κ2) is 11.4. The van der Waals surface area contributed by atoms with Crippen LogP contribution in [0.15, 0.2) is 84.9 Å². The van der Waals surface area contributed by atoms with Crippen molar-refractivity contribution in [1.29, 1.82) is 10.5 Å². The van der Waals surface area contributed by atoms with Crippen LogP contribution in [0, 0.1) is 34.5 Å². The van der Waals surface area contributed by atoms with Crippen LogP contribution in [0.2, 0.25) is 0 Å². The molecule has 3 aromatic carbocycles. The number of ether oxygens (including phenoxy) is 2. The molecular weight excluding hydrogens is 516 g/mol. The summed E-state index contributed by atoms with van der Waals surface area (Å²) >= 11 is 0. The normalized spacial score (nSPS) is 16.3. The van der Waals surface area contributed by atoms with E-state index in [0.717, 1.165) is 11.1 Å². The Bertz CT molecular complexity index is 1630. The lowest BCUT2D eigenvalue weighted by Gasteiger charge is -2.34. The first-order chi connectivity index (χ1) is 19.9. The summed E-state index contributed by atoms with van der Waals surface area (Å²) in [4.78, 5) is 35.8. The van der Waals surface area contributed by atoms with Gasteiger partial charge in [0.25, 0.3) is 0 Å². The predicted molar refractivity (Wildman–Crippen MR) is 149 cm³/mol. The number of benzene rings is 3. The summed E-state index contributed by atoms with van der Waals surface area (Å²) in [7, 11) is 0. The number of hydrogen-bond acceptors (Lipinski definition) is 8. The molecule has 1 aromatic heterocycles. The minimum atomic E-state index is -0.997. The molecule has 8 heteroatoms. The van der Waals surface area contributed by atoms with E-state index < -0.39 is 29.2 Å². The van der Waals surface area contributed by atoms with Gasteiger partial charge in [-0.3, -0.25) is 9.59 Å². The van der Waals surface area contributed by atoms with Gasteiger partial charge in [-0.1, -0.05) is 74.5 Å². The Morgan fingerprint density at radius 3 is 1.71 bits per heavy atom. The number of aromatic nitrogens is 2. The van der Waals surface area contributed by atoms with Crippen LogP contribution in [0.4, 0.5) is 0 Å². The van der Waals surface area contributed by atoms with Crippen LogP contribution in [0.1, 0.15) is 49.3 Å². The lowest BCUT2D eigenvalue weighted by Crippen LogP contribution is -2.36. The second-order valence-corrected chi connectivity index (χ2v) is 10.1. The lowest BCUT2D eigenvalue weighted by molar-refractivity contribution is -0.139. The highest BCUT2D eigenvalue weighted by atomic mass is 16.5. The van der Waals surface area contributed by atoms with E-state index >= 15 is 0 Å². The minimum Gasteiger partial charge on any atom is -0.426 e. The Hall–Kier alpha value is -5.34. The average Bonchev–Trinajstić information content (AvgIpc) is 3.25. The number of hydrogen-bond donors (Lipinski definition) is 0. The minimum absolute atomic E-state index is 0.0788. The molecule has 1 heterocycles. The fourth-order valence-electron chi connectivity index (χ4n) is 5.47. The Morgan fingerprint density at radius 2 is 1.20 bits per heavy atom. The highest BCUT2D eigenvalue weighted by Gasteiger charge is 2.49. The molecular formula is C33H26N4O4. The zero-order valence-electron chi connectivity index (χ0n) is 22.6. The quantitative estimate of drug-likeness (QED) is 0.203. The first kappa shape index (κ1) is 27.2. The molecule has 0 aliphatic heterocycles. The summed E-state index contributed by atoms with van der Waals surface area (Å²) < 4.78 is 11.3. The van der Waals surface area contributed by atoms with Gasteiger partial charge in [0, 0.05) is 11.0 Å². The Labute approximate surface area is 237 Å². The van der Waals surface area contributed by atoms with Gasteiger partial charge in [0.1, 0.15) is 23.6 Å². The number of carbonyl (C=O) groups is 2. The summed E-state index contributed by atoms with van der Waals surface area (Å²) in [6, 6.07) is 29.1. The van der Waals surface area contributed by atoms with Crippen molar-refractivity contribution in [2.75, 3.05) is 0 Å². The molecule has 5 rings (SSSR count). The van der Waals surface area contributed by atoms with E-state index in [1.54, 1.807) is 62.4 Å². The number of rotatable bonds is 8. The first-order valence-corrected chi connectivity index (χ1v) is 13.2. The van der Waals surface area contributed by atoms with Crippen LogP contribution in [0.25, 0.3) is 11.3 Å². The number of para-hydroxylation sites is 2. The van der Waals surface area contributed by atoms with Crippen molar-refractivity contribution >= 4 is 11.9 Å². The van der Waals surface area contributed by atoms with Crippen molar-refractivity contribution < 1.29 is 19.1 Å². The first-order valence-electron chi connectivity index (χ1n) is 13.2. The molecule has 0 saturated heterocycles. The molecule has 4 aromatic rings. The van der Waals surface area contributed by atoms with Crippen LogP contribution in [0.5, 0.6) is 11.5 Å². The molecule has 2 atom stereocenters. The van der Waals surface area contributed by atoms with Crippen LogP contribution in [0.3, 0.4) is 0 Å². The Morgan fingerprint density at radius 1 is 0.732 bits per heavy atom. The average molecular weight is 543 g/mol. The zero-order chi connectivity index (χ0) is 29.0. The second-order valence-electron chi connectivity index (χ2n) is 10.1.